The molecule has 2 aromatic carbocycles. The molecule has 1 aromatic heterocycles. The molecule has 0 aliphatic rings. The lowest BCUT2D eigenvalue weighted by Crippen LogP contribution is -2.03. The fourth-order valence-electron chi connectivity index (χ4n) is 2.89. The predicted molar refractivity (Wildman–Crippen MR) is 112 cm³/mol. The number of hydrogen-bond donors (Lipinski definition) is 1. The van der Waals surface area contributed by atoms with Crippen molar-refractivity contribution in [1.29, 1.82) is 0 Å². The summed E-state index contributed by atoms with van der Waals surface area (Å²) in [5.74, 6) is 0.234. The molecule has 1 heterocycles. The number of benzene rings is 2. The third-order valence-electron chi connectivity index (χ3n) is 4.36. The standard InChI is InChI=1S/C23H22ClNO3/c1-15(2)12-13-28-22-11-10-16(24)14-19(22)17-6-3-4-7-18(17)20-8-5-9-21(25-20)23(26)27/h3-11,14-15H,12-13H2,1-2H3,(H,26,27). The van der Waals surface area contributed by atoms with E-state index in [1.807, 2.05) is 42.5 Å². The Kier molecular flexibility index (Phi) is 6.32. The summed E-state index contributed by atoms with van der Waals surface area (Å²) in [4.78, 5) is 15.6. The van der Waals surface area contributed by atoms with Crippen LogP contribution in [0.25, 0.3) is 22.4 Å². The summed E-state index contributed by atoms with van der Waals surface area (Å²) in [7, 11) is 0. The topological polar surface area (TPSA) is 59.4 Å². The Hall–Kier alpha value is -2.85. The van der Waals surface area contributed by atoms with E-state index in [0.29, 0.717) is 23.2 Å². The fourth-order valence-corrected chi connectivity index (χ4v) is 3.06. The van der Waals surface area contributed by atoms with Crippen LogP contribution in [-0.2, 0) is 0 Å². The second-order valence-electron chi connectivity index (χ2n) is 6.93. The van der Waals surface area contributed by atoms with Crippen molar-refractivity contribution in [2.75, 3.05) is 6.61 Å². The number of halogens is 1. The molecule has 0 aliphatic carbocycles. The molecular formula is C23H22ClNO3. The third kappa shape index (κ3) is 4.70. The van der Waals surface area contributed by atoms with Crippen molar-refractivity contribution in [1.82, 2.24) is 4.98 Å². The van der Waals surface area contributed by atoms with Gasteiger partial charge in [0.05, 0.1) is 12.3 Å². The lowest BCUT2D eigenvalue weighted by Gasteiger charge is -2.16. The van der Waals surface area contributed by atoms with Gasteiger partial charge in [0.15, 0.2) is 0 Å². The van der Waals surface area contributed by atoms with Crippen molar-refractivity contribution in [3.8, 4) is 28.1 Å². The molecule has 0 saturated heterocycles. The van der Waals surface area contributed by atoms with Gasteiger partial charge in [0.2, 0.25) is 0 Å². The molecular weight excluding hydrogens is 374 g/mol. The quantitative estimate of drug-likeness (QED) is 0.518. The maximum atomic E-state index is 11.3. The minimum atomic E-state index is -1.06. The Morgan fingerprint density at radius 1 is 1.04 bits per heavy atom. The highest BCUT2D eigenvalue weighted by Crippen LogP contribution is 2.38. The molecule has 4 nitrogen and oxygen atoms in total. The number of carbonyl (C=O) groups is 1. The van der Waals surface area contributed by atoms with Crippen LogP contribution in [0.4, 0.5) is 0 Å². The molecule has 0 aliphatic heterocycles. The summed E-state index contributed by atoms with van der Waals surface area (Å²) in [6.45, 7) is 4.92. The molecule has 144 valence electrons. The molecule has 0 spiro atoms. The summed E-state index contributed by atoms with van der Waals surface area (Å²) < 4.78 is 6.04. The number of hydrogen-bond acceptors (Lipinski definition) is 3. The first kappa shape index (κ1) is 19.9. The van der Waals surface area contributed by atoms with E-state index in [1.54, 1.807) is 12.1 Å². The Bertz CT molecular complexity index is 985. The van der Waals surface area contributed by atoms with Gasteiger partial charge >= 0.3 is 5.97 Å². The van der Waals surface area contributed by atoms with Gasteiger partial charge < -0.3 is 9.84 Å². The molecule has 0 saturated carbocycles. The average Bonchev–Trinajstić information content (AvgIpc) is 2.69. The molecule has 1 N–H and O–H groups in total. The fraction of sp³-hybridized carbons (Fsp3) is 0.217. The molecule has 3 aromatic rings. The smallest absolute Gasteiger partial charge is 0.354 e. The number of ether oxygens (including phenoxy) is 1. The average molecular weight is 396 g/mol. The SMILES string of the molecule is CC(C)CCOc1ccc(Cl)cc1-c1ccccc1-c1cccc(C(=O)O)n1. The number of carboxylic acid groups (broad SMARTS) is 1. The van der Waals surface area contributed by atoms with Crippen LogP contribution in [0.2, 0.25) is 5.02 Å². The van der Waals surface area contributed by atoms with E-state index in [4.69, 9.17) is 16.3 Å². The van der Waals surface area contributed by atoms with E-state index in [2.05, 4.69) is 18.8 Å². The zero-order chi connectivity index (χ0) is 20.1. The maximum Gasteiger partial charge on any atom is 0.354 e. The summed E-state index contributed by atoms with van der Waals surface area (Å²) in [5, 5.41) is 9.87. The van der Waals surface area contributed by atoms with Crippen LogP contribution in [0.1, 0.15) is 30.8 Å². The van der Waals surface area contributed by atoms with Crippen molar-refractivity contribution >= 4 is 17.6 Å². The Morgan fingerprint density at radius 3 is 2.50 bits per heavy atom. The van der Waals surface area contributed by atoms with Gasteiger partial charge in [-0.05, 0) is 48.2 Å². The maximum absolute atomic E-state index is 11.3. The minimum absolute atomic E-state index is 0.00630. The minimum Gasteiger partial charge on any atom is -0.493 e. The number of aromatic nitrogens is 1. The monoisotopic (exact) mass is 395 g/mol. The van der Waals surface area contributed by atoms with E-state index in [1.165, 1.54) is 6.07 Å². The molecule has 5 heteroatoms. The van der Waals surface area contributed by atoms with Crippen LogP contribution in [0.5, 0.6) is 5.75 Å². The van der Waals surface area contributed by atoms with Crippen molar-refractivity contribution < 1.29 is 14.6 Å². The molecule has 28 heavy (non-hydrogen) atoms. The van der Waals surface area contributed by atoms with Crippen molar-refractivity contribution in [2.45, 2.75) is 20.3 Å². The molecule has 3 rings (SSSR count). The summed E-state index contributed by atoms with van der Waals surface area (Å²) in [6, 6.07) is 18.2. The summed E-state index contributed by atoms with van der Waals surface area (Å²) >= 11 is 6.27. The lowest BCUT2D eigenvalue weighted by molar-refractivity contribution is 0.0690. The third-order valence-corrected chi connectivity index (χ3v) is 4.59. The van der Waals surface area contributed by atoms with Crippen LogP contribution < -0.4 is 4.74 Å². The van der Waals surface area contributed by atoms with Gasteiger partial charge in [0, 0.05) is 16.1 Å². The van der Waals surface area contributed by atoms with Gasteiger partial charge in [0.1, 0.15) is 11.4 Å². The van der Waals surface area contributed by atoms with Crippen LogP contribution >= 0.6 is 11.6 Å². The number of rotatable bonds is 7. The van der Waals surface area contributed by atoms with Gasteiger partial charge in [-0.25, -0.2) is 9.78 Å². The van der Waals surface area contributed by atoms with Crippen molar-refractivity contribution in [2.24, 2.45) is 5.92 Å². The highest BCUT2D eigenvalue weighted by molar-refractivity contribution is 6.31. The van der Waals surface area contributed by atoms with Crippen molar-refractivity contribution in [3.05, 3.63) is 71.4 Å². The van der Waals surface area contributed by atoms with Crippen molar-refractivity contribution in [3.63, 3.8) is 0 Å². The van der Waals surface area contributed by atoms with Crippen LogP contribution in [-0.4, -0.2) is 22.7 Å². The lowest BCUT2D eigenvalue weighted by atomic mass is 9.96. The van der Waals surface area contributed by atoms with E-state index < -0.39 is 5.97 Å². The zero-order valence-electron chi connectivity index (χ0n) is 15.9. The van der Waals surface area contributed by atoms with Gasteiger partial charge in [-0.2, -0.15) is 0 Å². The van der Waals surface area contributed by atoms with E-state index in [9.17, 15) is 9.90 Å². The zero-order valence-corrected chi connectivity index (χ0v) is 16.6. The number of pyridine rings is 1. The number of carboxylic acids is 1. The van der Waals surface area contributed by atoms with Crippen LogP contribution in [0.15, 0.2) is 60.7 Å². The Morgan fingerprint density at radius 2 is 1.79 bits per heavy atom. The molecule has 0 amide bonds. The van der Waals surface area contributed by atoms with Gasteiger partial charge in [0.25, 0.3) is 0 Å². The van der Waals surface area contributed by atoms with E-state index in [-0.39, 0.29) is 5.69 Å². The molecule has 0 unspecified atom stereocenters. The highest BCUT2D eigenvalue weighted by atomic mass is 35.5. The summed E-state index contributed by atoms with van der Waals surface area (Å²) in [6.07, 6.45) is 0.950. The molecule has 0 fully saturated rings. The van der Waals surface area contributed by atoms with Gasteiger partial charge in [-0.3, -0.25) is 0 Å². The predicted octanol–water partition coefficient (Wildman–Crippen LogP) is 6.19. The van der Waals surface area contributed by atoms with Gasteiger partial charge in [-0.15, -0.1) is 0 Å². The summed E-state index contributed by atoms with van der Waals surface area (Å²) in [5.41, 5.74) is 3.16. The Balaban J connectivity index is 2.07. The molecule has 0 radical (unpaired) electrons. The first-order valence-electron chi connectivity index (χ1n) is 9.18. The highest BCUT2D eigenvalue weighted by Gasteiger charge is 2.15. The molecule has 0 atom stereocenters. The number of nitrogens with zero attached hydrogens (tertiary/aromatic N) is 1. The number of aromatic carboxylic acids is 1. The van der Waals surface area contributed by atoms with Crippen LogP contribution in [0.3, 0.4) is 0 Å². The van der Waals surface area contributed by atoms with Crippen LogP contribution in [0, 0.1) is 5.92 Å². The van der Waals surface area contributed by atoms with E-state index >= 15 is 0 Å². The van der Waals surface area contributed by atoms with E-state index in [0.717, 1.165) is 28.9 Å². The van der Waals surface area contributed by atoms with Gasteiger partial charge in [-0.1, -0.05) is 55.8 Å². The first-order chi connectivity index (χ1) is 13.5. The second kappa shape index (κ2) is 8.89. The second-order valence-corrected chi connectivity index (χ2v) is 7.37. The normalized spacial score (nSPS) is 10.9. The molecule has 0 bridgehead atoms. The Labute approximate surface area is 169 Å². The largest absolute Gasteiger partial charge is 0.493 e. The first-order valence-corrected chi connectivity index (χ1v) is 9.56.